The molecule has 0 saturated heterocycles. The van der Waals surface area contributed by atoms with Crippen LogP contribution in [0.2, 0.25) is 0 Å². The van der Waals surface area contributed by atoms with E-state index in [9.17, 15) is 0 Å². The summed E-state index contributed by atoms with van der Waals surface area (Å²) < 4.78 is 8.18. The predicted octanol–water partition coefficient (Wildman–Crippen LogP) is 2.75. The summed E-state index contributed by atoms with van der Waals surface area (Å²) in [5.41, 5.74) is 1.12. The fourth-order valence-corrected chi connectivity index (χ4v) is 2.43. The van der Waals surface area contributed by atoms with Gasteiger partial charge in [-0.3, -0.25) is 0 Å². The molecule has 0 spiro atoms. The molecule has 12 heavy (non-hydrogen) atoms. The third-order valence-corrected chi connectivity index (χ3v) is 3.37. The molecule has 0 N–H and O–H groups in total. The van der Waals surface area contributed by atoms with E-state index in [4.69, 9.17) is 0 Å². The molecule has 2 nitrogen and oxygen atoms in total. The first-order valence-corrected chi connectivity index (χ1v) is 5.91. The Balaban J connectivity index is 2.48. The molecule has 68 valence electrons. The van der Waals surface area contributed by atoms with Crippen LogP contribution in [-0.4, -0.2) is 14.1 Å². The highest BCUT2D eigenvalue weighted by molar-refractivity contribution is 9.09. The molecule has 0 aliphatic carbocycles. The minimum Gasteiger partial charge on any atom is -0.181 e. The van der Waals surface area contributed by atoms with Crippen LogP contribution in [0.5, 0.6) is 0 Å². The Morgan fingerprint density at radius 1 is 1.58 bits per heavy atom. The van der Waals surface area contributed by atoms with Gasteiger partial charge < -0.3 is 0 Å². The maximum atomic E-state index is 4.20. The lowest BCUT2D eigenvalue weighted by molar-refractivity contribution is 0.424. The Hall–Kier alpha value is 0.0400. The van der Waals surface area contributed by atoms with Gasteiger partial charge in [-0.1, -0.05) is 29.8 Å². The van der Waals surface area contributed by atoms with E-state index in [-0.39, 0.29) is 0 Å². The van der Waals surface area contributed by atoms with Crippen molar-refractivity contribution in [2.24, 2.45) is 11.8 Å². The van der Waals surface area contributed by atoms with Gasteiger partial charge in [-0.2, -0.15) is 8.75 Å². The van der Waals surface area contributed by atoms with E-state index in [1.165, 1.54) is 11.7 Å². The van der Waals surface area contributed by atoms with Crippen molar-refractivity contribution in [1.29, 1.82) is 0 Å². The van der Waals surface area contributed by atoms with Crippen LogP contribution in [0.1, 0.15) is 19.5 Å². The monoisotopic (exact) mass is 248 g/mol. The third kappa shape index (κ3) is 2.83. The second-order valence-corrected chi connectivity index (χ2v) is 4.47. The molecule has 0 aliphatic rings. The summed E-state index contributed by atoms with van der Waals surface area (Å²) in [6.07, 6.45) is 2.90. The zero-order valence-corrected chi connectivity index (χ0v) is 9.73. The van der Waals surface area contributed by atoms with Crippen molar-refractivity contribution >= 4 is 27.7 Å². The highest BCUT2D eigenvalue weighted by atomic mass is 79.9. The summed E-state index contributed by atoms with van der Waals surface area (Å²) in [5, 5.41) is 1.04. The minimum absolute atomic E-state index is 0.675. The zero-order valence-electron chi connectivity index (χ0n) is 7.33. The molecule has 0 bridgehead atoms. The number of halogens is 1. The van der Waals surface area contributed by atoms with Crippen molar-refractivity contribution in [1.82, 2.24) is 8.75 Å². The largest absolute Gasteiger partial charge is 0.181 e. The quantitative estimate of drug-likeness (QED) is 0.767. The van der Waals surface area contributed by atoms with Crippen LogP contribution < -0.4 is 0 Å². The van der Waals surface area contributed by atoms with Gasteiger partial charge in [-0.25, -0.2) is 0 Å². The van der Waals surface area contributed by atoms with E-state index in [0.717, 1.165) is 17.4 Å². The minimum atomic E-state index is 0.675. The van der Waals surface area contributed by atoms with Crippen molar-refractivity contribution in [3.8, 4) is 0 Å². The molecule has 0 aliphatic heterocycles. The van der Waals surface area contributed by atoms with Gasteiger partial charge in [0.2, 0.25) is 0 Å². The summed E-state index contributed by atoms with van der Waals surface area (Å²) >= 11 is 4.81. The topological polar surface area (TPSA) is 25.8 Å². The smallest absolute Gasteiger partial charge is 0.0746 e. The molecule has 0 radical (unpaired) electrons. The summed E-state index contributed by atoms with van der Waals surface area (Å²) in [7, 11) is 0. The van der Waals surface area contributed by atoms with Crippen LogP contribution in [0, 0.1) is 11.8 Å². The number of rotatable bonds is 4. The van der Waals surface area contributed by atoms with Crippen LogP contribution in [-0.2, 0) is 6.42 Å². The average molecular weight is 249 g/mol. The van der Waals surface area contributed by atoms with Crippen molar-refractivity contribution in [2.45, 2.75) is 20.3 Å². The van der Waals surface area contributed by atoms with Crippen molar-refractivity contribution in [2.75, 3.05) is 5.33 Å². The second kappa shape index (κ2) is 4.92. The lowest BCUT2D eigenvalue weighted by Gasteiger charge is -2.15. The Bertz CT molecular complexity index is 211. The van der Waals surface area contributed by atoms with Crippen LogP contribution in [0.3, 0.4) is 0 Å². The summed E-state index contributed by atoms with van der Waals surface area (Å²) in [5.74, 6) is 1.37. The zero-order chi connectivity index (χ0) is 8.97. The van der Waals surface area contributed by atoms with E-state index in [1.54, 1.807) is 0 Å². The molecular weight excluding hydrogens is 236 g/mol. The lowest BCUT2D eigenvalue weighted by Crippen LogP contribution is -2.13. The van der Waals surface area contributed by atoms with Gasteiger partial charge in [0.05, 0.1) is 23.6 Å². The van der Waals surface area contributed by atoms with Crippen molar-refractivity contribution in [3.63, 3.8) is 0 Å². The molecule has 4 heteroatoms. The van der Waals surface area contributed by atoms with E-state index >= 15 is 0 Å². The summed E-state index contributed by atoms with van der Waals surface area (Å²) in [4.78, 5) is 0. The molecule has 1 atom stereocenters. The Morgan fingerprint density at radius 2 is 2.33 bits per heavy atom. The first-order chi connectivity index (χ1) is 5.74. The SMILES string of the molecule is CC(C)C(CBr)Cc1cnsn1. The van der Waals surface area contributed by atoms with Crippen molar-refractivity contribution < 1.29 is 0 Å². The number of alkyl halides is 1. The number of aromatic nitrogens is 2. The van der Waals surface area contributed by atoms with Crippen LogP contribution in [0.15, 0.2) is 6.20 Å². The van der Waals surface area contributed by atoms with E-state index < -0.39 is 0 Å². The predicted molar refractivity (Wildman–Crippen MR) is 55.7 cm³/mol. The standard InChI is InChI=1S/C8H13BrN2S/c1-6(2)7(4-9)3-8-5-10-12-11-8/h5-7H,3-4H2,1-2H3. The average Bonchev–Trinajstić information content (AvgIpc) is 2.51. The molecule has 1 aromatic rings. The first kappa shape index (κ1) is 10.1. The second-order valence-electron chi connectivity index (χ2n) is 3.26. The van der Waals surface area contributed by atoms with Gasteiger partial charge in [0.1, 0.15) is 0 Å². The first-order valence-electron chi connectivity index (χ1n) is 4.06. The van der Waals surface area contributed by atoms with E-state index in [2.05, 4.69) is 38.5 Å². The highest BCUT2D eigenvalue weighted by Gasteiger charge is 2.13. The van der Waals surface area contributed by atoms with Crippen LogP contribution in [0.4, 0.5) is 0 Å². The lowest BCUT2D eigenvalue weighted by atomic mass is 9.93. The number of hydrogen-bond acceptors (Lipinski definition) is 3. The van der Waals surface area contributed by atoms with Gasteiger partial charge in [0, 0.05) is 5.33 Å². The van der Waals surface area contributed by atoms with Crippen LogP contribution >= 0.6 is 27.7 Å². The van der Waals surface area contributed by atoms with Crippen LogP contribution in [0.25, 0.3) is 0 Å². The Morgan fingerprint density at radius 3 is 2.75 bits per heavy atom. The molecule has 1 rings (SSSR count). The number of hydrogen-bond donors (Lipinski definition) is 0. The molecule has 1 heterocycles. The normalized spacial score (nSPS) is 13.7. The fourth-order valence-electron chi connectivity index (χ4n) is 1.01. The van der Waals surface area contributed by atoms with Gasteiger partial charge >= 0.3 is 0 Å². The van der Waals surface area contributed by atoms with Gasteiger partial charge in [-0.05, 0) is 18.3 Å². The van der Waals surface area contributed by atoms with E-state index in [1.807, 2.05) is 6.20 Å². The Labute approximate surface area is 85.9 Å². The third-order valence-electron chi connectivity index (χ3n) is 2.02. The molecular formula is C8H13BrN2S. The summed E-state index contributed by atoms with van der Waals surface area (Å²) in [6.45, 7) is 4.48. The number of nitrogens with zero attached hydrogens (tertiary/aromatic N) is 2. The molecule has 1 aromatic heterocycles. The molecule has 1 unspecified atom stereocenters. The Kier molecular flexibility index (Phi) is 4.15. The maximum Gasteiger partial charge on any atom is 0.0746 e. The van der Waals surface area contributed by atoms with Gasteiger partial charge in [-0.15, -0.1) is 0 Å². The molecule has 0 aromatic carbocycles. The molecule has 0 amide bonds. The maximum absolute atomic E-state index is 4.20. The van der Waals surface area contributed by atoms with E-state index in [0.29, 0.717) is 11.8 Å². The fraction of sp³-hybridized carbons (Fsp3) is 0.750. The van der Waals surface area contributed by atoms with Gasteiger partial charge in [0.15, 0.2) is 0 Å². The van der Waals surface area contributed by atoms with Gasteiger partial charge in [0.25, 0.3) is 0 Å². The summed E-state index contributed by atoms with van der Waals surface area (Å²) in [6, 6.07) is 0. The van der Waals surface area contributed by atoms with Crippen molar-refractivity contribution in [3.05, 3.63) is 11.9 Å². The molecule has 0 saturated carbocycles. The highest BCUT2D eigenvalue weighted by Crippen LogP contribution is 2.18. The molecule has 0 fully saturated rings.